The highest BCUT2D eigenvalue weighted by molar-refractivity contribution is 5.96. The van der Waals surface area contributed by atoms with E-state index in [2.05, 4.69) is 119 Å². The highest BCUT2D eigenvalue weighted by Gasteiger charge is 2.51. The van der Waals surface area contributed by atoms with Crippen LogP contribution in [0, 0.1) is 13.8 Å². The van der Waals surface area contributed by atoms with Crippen LogP contribution >= 0.6 is 0 Å². The third-order valence-electron chi connectivity index (χ3n) is 10.6. The molecule has 0 N–H and O–H groups in total. The number of rotatable bonds is 4. The summed E-state index contributed by atoms with van der Waals surface area (Å²) in [7, 11) is 0. The summed E-state index contributed by atoms with van der Waals surface area (Å²) < 4.78 is 0. The Hall–Kier alpha value is -6.52. The second-order valence-electron chi connectivity index (χ2n) is 13.6. The molecule has 2 aliphatic carbocycles. The van der Waals surface area contributed by atoms with Crippen LogP contribution in [0.2, 0.25) is 0 Å². The zero-order valence-electron chi connectivity index (χ0n) is 28.3. The number of hydrogen-bond donors (Lipinski definition) is 0. The van der Waals surface area contributed by atoms with E-state index in [4.69, 9.17) is 9.97 Å². The Labute approximate surface area is 297 Å². The summed E-state index contributed by atoms with van der Waals surface area (Å²) in [4.78, 5) is 19.1. The van der Waals surface area contributed by atoms with Gasteiger partial charge < -0.3 is 0 Å². The second-order valence-corrected chi connectivity index (χ2v) is 13.6. The van der Waals surface area contributed by atoms with Gasteiger partial charge in [0.25, 0.3) is 0 Å². The predicted octanol–water partition coefficient (Wildman–Crippen LogP) is 10.9. The maximum absolute atomic E-state index is 4.86. The van der Waals surface area contributed by atoms with Gasteiger partial charge in [-0.05, 0) is 118 Å². The molecule has 0 atom stereocenters. The van der Waals surface area contributed by atoms with E-state index in [1.807, 2.05) is 62.6 Å². The van der Waals surface area contributed by atoms with Crippen LogP contribution in [0.4, 0.5) is 0 Å². The molecule has 51 heavy (non-hydrogen) atoms. The van der Waals surface area contributed by atoms with Crippen LogP contribution in [-0.4, -0.2) is 19.9 Å². The van der Waals surface area contributed by atoms with Crippen molar-refractivity contribution in [2.24, 2.45) is 0 Å². The lowest BCUT2D eigenvalue weighted by molar-refractivity contribution is 0.794. The molecule has 0 aliphatic heterocycles. The van der Waals surface area contributed by atoms with E-state index >= 15 is 0 Å². The van der Waals surface area contributed by atoms with E-state index in [0.29, 0.717) is 0 Å². The molecule has 0 radical (unpaired) electrons. The van der Waals surface area contributed by atoms with E-state index in [0.717, 1.165) is 56.4 Å². The molecule has 240 valence electrons. The Morgan fingerprint density at radius 3 is 1.22 bits per heavy atom. The van der Waals surface area contributed by atoms with Gasteiger partial charge in [-0.25, -0.2) is 0 Å². The Kier molecular flexibility index (Phi) is 6.49. The van der Waals surface area contributed by atoms with E-state index in [1.165, 1.54) is 44.5 Å². The van der Waals surface area contributed by atoms with Crippen LogP contribution in [0.15, 0.2) is 158 Å². The predicted molar refractivity (Wildman–Crippen MR) is 205 cm³/mol. The van der Waals surface area contributed by atoms with Gasteiger partial charge in [-0.1, -0.05) is 97.1 Å². The Balaban J connectivity index is 1.14. The number of aryl methyl sites for hydroxylation is 2. The van der Waals surface area contributed by atoms with Gasteiger partial charge in [0.05, 0.1) is 28.2 Å². The van der Waals surface area contributed by atoms with Crippen molar-refractivity contribution in [2.75, 3.05) is 0 Å². The first-order chi connectivity index (χ1) is 25.1. The van der Waals surface area contributed by atoms with Crippen LogP contribution in [0.1, 0.15) is 33.6 Å². The molecule has 8 aromatic rings. The molecular weight excluding hydrogens is 621 g/mol. The maximum Gasteiger partial charge on any atom is 0.0889 e. The summed E-state index contributed by atoms with van der Waals surface area (Å²) in [6, 6.07) is 52.4. The summed E-state index contributed by atoms with van der Waals surface area (Å²) in [6.07, 6.45) is 3.96. The SMILES string of the molecule is Cc1cccc(-c2ccc(-c3ccc4c(c3)C3(c5ccccc5-c5ccccc53)c3cc(-c5ccc(-c6cccc(C)n6)nc5)ccc3-4)cn2)n1. The van der Waals surface area contributed by atoms with Gasteiger partial charge in [0.2, 0.25) is 0 Å². The third kappa shape index (κ3) is 4.46. The van der Waals surface area contributed by atoms with Crippen LogP contribution < -0.4 is 0 Å². The van der Waals surface area contributed by atoms with Gasteiger partial charge in [0.15, 0.2) is 0 Å². The quantitative estimate of drug-likeness (QED) is 0.190. The van der Waals surface area contributed by atoms with Gasteiger partial charge in [0, 0.05) is 34.9 Å². The van der Waals surface area contributed by atoms with E-state index in [1.54, 1.807) is 0 Å². The lowest BCUT2D eigenvalue weighted by Gasteiger charge is -2.31. The Bertz CT molecular complexity index is 2470. The third-order valence-corrected chi connectivity index (χ3v) is 10.6. The minimum atomic E-state index is -0.471. The fourth-order valence-corrected chi connectivity index (χ4v) is 8.30. The number of nitrogens with zero attached hydrogens (tertiary/aromatic N) is 4. The Morgan fingerprint density at radius 1 is 0.353 bits per heavy atom. The van der Waals surface area contributed by atoms with Crippen molar-refractivity contribution in [3.8, 4) is 67.3 Å². The standard InChI is InChI=1S/C47H32N4/c1-29-9-7-15-45(50-29)43-23-19-33(27-48-43)31-17-21-37-38-22-18-32(34-20-24-44(49-28-34)46-16-8-10-30(2)51-46)26-42(38)47(41(37)25-31)39-13-5-3-11-35(39)36-12-4-6-14-40(36)47/h3-28H,1-2H3. The molecule has 1 spiro atoms. The summed E-state index contributed by atoms with van der Waals surface area (Å²) >= 11 is 0. The van der Waals surface area contributed by atoms with Gasteiger partial charge >= 0.3 is 0 Å². The summed E-state index contributed by atoms with van der Waals surface area (Å²) in [6.45, 7) is 4.02. The number of aromatic nitrogens is 4. The molecule has 4 nitrogen and oxygen atoms in total. The molecule has 4 aromatic carbocycles. The van der Waals surface area contributed by atoms with Crippen molar-refractivity contribution < 1.29 is 0 Å². The minimum absolute atomic E-state index is 0.471. The van der Waals surface area contributed by atoms with Gasteiger partial charge in [-0.2, -0.15) is 0 Å². The topological polar surface area (TPSA) is 51.6 Å². The van der Waals surface area contributed by atoms with E-state index in [-0.39, 0.29) is 0 Å². The lowest BCUT2D eigenvalue weighted by atomic mass is 9.70. The maximum atomic E-state index is 4.86. The van der Waals surface area contributed by atoms with Crippen LogP contribution in [0.25, 0.3) is 67.3 Å². The summed E-state index contributed by atoms with van der Waals surface area (Å²) in [5.41, 5.74) is 19.8. The molecule has 4 heteroatoms. The first-order valence-corrected chi connectivity index (χ1v) is 17.4. The largest absolute Gasteiger partial charge is 0.254 e. The van der Waals surface area contributed by atoms with Crippen molar-refractivity contribution in [1.82, 2.24) is 19.9 Å². The van der Waals surface area contributed by atoms with Crippen molar-refractivity contribution in [3.05, 3.63) is 192 Å². The first kappa shape index (κ1) is 29.4. The van der Waals surface area contributed by atoms with Crippen molar-refractivity contribution >= 4 is 0 Å². The molecule has 4 aromatic heterocycles. The van der Waals surface area contributed by atoms with Gasteiger partial charge in [-0.3, -0.25) is 19.9 Å². The molecule has 4 heterocycles. The number of benzene rings is 4. The minimum Gasteiger partial charge on any atom is -0.254 e. The summed E-state index contributed by atoms with van der Waals surface area (Å²) in [5.74, 6) is 0. The fraction of sp³-hybridized carbons (Fsp3) is 0.0638. The monoisotopic (exact) mass is 652 g/mol. The molecule has 0 fully saturated rings. The first-order valence-electron chi connectivity index (χ1n) is 17.4. The Morgan fingerprint density at radius 2 is 0.784 bits per heavy atom. The highest BCUT2D eigenvalue weighted by Crippen LogP contribution is 2.63. The van der Waals surface area contributed by atoms with E-state index < -0.39 is 5.41 Å². The van der Waals surface area contributed by atoms with Crippen LogP contribution in [0.5, 0.6) is 0 Å². The molecule has 2 aliphatic rings. The number of pyridine rings is 4. The molecule has 0 amide bonds. The zero-order valence-corrected chi connectivity index (χ0v) is 28.3. The lowest BCUT2D eigenvalue weighted by Crippen LogP contribution is -2.26. The van der Waals surface area contributed by atoms with Crippen molar-refractivity contribution in [2.45, 2.75) is 19.3 Å². The molecule has 0 saturated carbocycles. The van der Waals surface area contributed by atoms with Gasteiger partial charge in [0.1, 0.15) is 0 Å². The molecule has 0 saturated heterocycles. The normalized spacial score (nSPS) is 13.1. The van der Waals surface area contributed by atoms with E-state index in [9.17, 15) is 0 Å². The van der Waals surface area contributed by atoms with Crippen molar-refractivity contribution in [3.63, 3.8) is 0 Å². The van der Waals surface area contributed by atoms with Gasteiger partial charge in [-0.15, -0.1) is 0 Å². The number of fused-ring (bicyclic) bond motifs is 10. The molecule has 0 bridgehead atoms. The fourth-order valence-electron chi connectivity index (χ4n) is 8.30. The average Bonchev–Trinajstić information content (AvgIpc) is 3.65. The molecule has 10 rings (SSSR count). The van der Waals surface area contributed by atoms with Crippen LogP contribution in [0.3, 0.4) is 0 Å². The highest BCUT2D eigenvalue weighted by atomic mass is 14.8. The smallest absolute Gasteiger partial charge is 0.0889 e. The molecule has 0 unspecified atom stereocenters. The number of hydrogen-bond acceptors (Lipinski definition) is 4. The zero-order chi connectivity index (χ0) is 34.1. The second kappa shape index (κ2) is 11.3. The molecular formula is C47H32N4. The average molecular weight is 653 g/mol. The summed E-state index contributed by atoms with van der Waals surface area (Å²) in [5, 5.41) is 0. The van der Waals surface area contributed by atoms with Crippen LogP contribution in [-0.2, 0) is 5.41 Å². The van der Waals surface area contributed by atoms with Crippen molar-refractivity contribution in [1.29, 1.82) is 0 Å².